The molecule has 2 rings (SSSR count). The molecule has 1 N–H and O–H groups in total. The Bertz CT molecular complexity index is 581. The fraction of sp³-hybridized carbons (Fsp3) is 0.294. The van der Waals surface area contributed by atoms with E-state index in [2.05, 4.69) is 12.2 Å². The molecule has 4 heteroatoms. The Morgan fingerprint density at radius 2 is 1.71 bits per heavy atom. The minimum atomic E-state index is -0.205. The summed E-state index contributed by atoms with van der Waals surface area (Å²) < 4.78 is 13.9. The fourth-order valence-electron chi connectivity index (χ4n) is 2.32. The largest absolute Gasteiger partial charge is 0.310 e. The first-order chi connectivity index (χ1) is 10.1. The second kappa shape index (κ2) is 7.79. The molecule has 1 nitrogen and oxygen atoms in total. The summed E-state index contributed by atoms with van der Waals surface area (Å²) >= 11 is 12.6. The van der Waals surface area contributed by atoms with Crippen LogP contribution < -0.4 is 5.32 Å². The average Bonchev–Trinajstić information content (AvgIpc) is 2.46. The van der Waals surface area contributed by atoms with E-state index in [1.54, 1.807) is 12.1 Å². The van der Waals surface area contributed by atoms with Crippen LogP contribution in [0.1, 0.15) is 30.5 Å². The normalized spacial score (nSPS) is 12.4. The van der Waals surface area contributed by atoms with Crippen molar-refractivity contribution in [1.29, 1.82) is 0 Å². The third kappa shape index (κ3) is 4.19. The van der Waals surface area contributed by atoms with Gasteiger partial charge < -0.3 is 5.32 Å². The SMILES string of the molecule is CCCNC(Cc1ccccc1F)c1c(Cl)cccc1Cl. The van der Waals surface area contributed by atoms with Crippen molar-refractivity contribution >= 4 is 23.2 Å². The summed E-state index contributed by atoms with van der Waals surface area (Å²) in [5.74, 6) is -0.205. The molecule has 0 aromatic heterocycles. The first kappa shape index (κ1) is 16.3. The maximum absolute atomic E-state index is 13.9. The monoisotopic (exact) mass is 325 g/mol. The van der Waals surface area contributed by atoms with E-state index in [9.17, 15) is 4.39 Å². The molecule has 0 heterocycles. The van der Waals surface area contributed by atoms with Gasteiger partial charge in [-0.25, -0.2) is 4.39 Å². The Balaban J connectivity index is 2.32. The summed E-state index contributed by atoms with van der Waals surface area (Å²) in [4.78, 5) is 0. The molecule has 21 heavy (non-hydrogen) atoms. The molecule has 0 aliphatic rings. The van der Waals surface area contributed by atoms with E-state index in [0.29, 0.717) is 22.0 Å². The molecule has 0 saturated heterocycles. The summed E-state index contributed by atoms with van der Waals surface area (Å²) in [6, 6.07) is 12.1. The molecule has 2 aromatic carbocycles. The highest BCUT2D eigenvalue weighted by molar-refractivity contribution is 6.36. The molecule has 1 atom stereocenters. The summed E-state index contributed by atoms with van der Waals surface area (Å²) in [5, 5.41) is 4.62. The molecular weight excluding hydrogens is 308 g/mol. The Labute approximate surface area is 135 Å². The smallest absolute Gasteiger partial charge is 0.126 e. The lowest BCUT2D eigenvalue weighted by Crippen LogP contribution is -2.25. The van der Waals surface area contributed by atoms with Crippen molar-refractivity contribution in [2.45, 2.75) is 25.8 Å². The lowest BCUT2D eigenvalue weighted by Gasteiger charge is -2.22. The van der Waals surface area contributed by atoms with E-state index >= 15 is 0 Å². The minimum absolute atomic E-state index is 0.108. The molecule has 1 unspecified atom stereocenters. The van der Waals surface area contributed by atoms with E-state index in [1.807, 2.05) is 24.3 Å². The maximum atomic E-state index is 13.9. The van der Waals surface area contributed by atoms with Crippen LogP contribution in [0.2, 0.25) is 10.0 Å². The van der Waals surface area contributed by atoms with Gasteiger partial charge in [0.05, 0.1) is 0 Å². The first-order valence-electron chi connectivity index (χ1n) is 7.04. The van der Waals surface area contributed by atoms with Crippen LogP contribution in [0.4, 0.5) is 4.39 Å². The second-order valence-corrected chi connectivity index (χ2v) is 5.75. The van der Waals surface area contributed by atoms with Gasteiger partial charge in [-0.05, 0) is 43.1 Å². The lowest BCUT2D eigenvalue weighted by molar-refractivity contribution is 0.513. The predicted molar refractivity (Wildman–Crippen MR) is 87.6 cm³/mol. The Morgan fingerprint density at radius 1 is 1.05 bits per heavy atom. The molecule has 0 spiro atoms. The van der Waals surface area contributed by atoms with Crippen LogP contribution in [0.25, 0.3) is 0 Å². The van der Waals surface area contributed by atoms with Crippen LogP contribution in [0.3, 0.4) is 0 Å². The van der Waals surface area contributed by atoms with Crippen molar-refractivity contribution in [2.24, 2.45) is 0 Å². The highest BCUT2D eigenvalue weighted by Crippen LogP contribution is 2.32. The van der Waals surface area contributed by atoms with Gasteiger partial charge in [0, 0.05) is 21.7 Å². The van der Waals surface area contributed by atoms with Crippen LogP contribution in [-0.4, -0.2) is 6.54 Å². The molecule has 2 aromatic rings. The van der Waals surface area contributed by atoms with Gasteiger partial charge in [-0.3, -0.25) is 0 Å². The van der Waals surface area contributed by atoms with Gasteiger partial charge in [-0.2, -0.15) is 0 Å². The van der Waals surface area contributed by atoms with Crippen LogP contribution in [0.15, 0.2) is 42.5 Å². The van der Waals surface area contributed by atoms with Crippen molar-refractivity contribution < 1.29 is 4.39 Å². The molecule has 0 bridgehead atoms. The summed E-state index contributed by atoms with van der Waals surface area (Å²) in [7, 11) is 0. The van der Waals surface area contributed by atoms with Gasteiger partial charge in [-0.15, -0.1) is 0 Å². The molecule has 0 amide bonds. The van der Waals surface area contributed by atoms with E-state index < -0.39 is 0 Å². The molecule has 0 radical (unpaired) electrons. The zero-order valence-electron chi connectivity index (χ0n) is 11.9. The van der Waals surface area contributed by atoms with Gasteiger partial charge in [-0.1, -0.05) is 54.4 Å². The van der Waals surface area contributed by atoms with Gasteiger partial charge in [0.2, 0.25) is 0 Å². The second-order valence-electron chi connectivity index (χ2n) is 4.94. The van der Waals surface area contributed by atoms with Crippen molar-refractivity contribution in [3.63, 3.8) is 0 Å². The third-order valence-electron chi connectivity index (χ3n) is 3.37. The summed E-state index contributed by atoms with van der Waals surface area (Å²) in [6.45, 7) is 2.90. The predicted octanol–water partition coefficient (Wildman–Crippen LogP) is 5.42. The first-order valence-corrected chi connectivity index (χ1v) is 7.79. The Hall–Kier alpha value is -1.09. The number of nitrogens with one attached hydrogen (secondary N) is 1. The molecule has 0 fully saturated rings. The topological polar surface area (TPSA) is 12.0 Å². The van der Waals surface area contributed by atoms with Gasteiger partial charge in [0.1, 0.15) is 5.82 Å². The van der Waals surface area contributed by atoms with Crippen LogP contribution in [0, 0.1) is 5.82 Å². The van der Waals surface area contributed by atoms with E-state index in [4.69, 9.17) is 23.2 Å². The summed E-state index contributed by atoms with van der Waals surface area (Å²) in [5.41, 5.74) is 1.49. The number of rotatable bonds is 6. The molecule has 112 valence electrons. The van der Waals surface area contributed by atoms with Crippen molar-refractivity contribution in [3.05, 3.63) is 69.5 Å². The highest BCUT2D eigenvalue weighted by Gasteiger charge is 2.19. The van der Waals surface area contributed by atoms with Gasteiger partial charge >= 0.3 is 0 Å². The lowest BCUT2D eigenvalue weighted by atomic mass is 9.98. The maximum Gasteiger partial charge on any atom is 0.126 e. The summed E-state index contributed by atoms with van der Waals surface area (Å²) in [6.07, 6.45) is 1.49. The van der Waals surface area contributed by atoms with E-state index in [1.165, 1.54) is 6.07 Å². The fourth-order valence-corrected chi connectivity index (χ4v) is 2.98. The highest BCUT2D eigenvalue weighted by atomic mass is 35.5. The molecule has 0 saturated carbocycles. The van der Waals surface area contributed by atoms with Gasteiger partial charge in [0.15, 0.2) is 0 Å². The standard InChI is InChI=1S/C17H18Cl2FN/c1-2-10-21-16(11-12-6-3-4-9-15(12)20)17-13(18)7-5-8-14(17)19/h3-9,16,21H,2,10-11H2,1H3. The number of hydrogen-bond acceptors (Lipinski definition) is 1. The zero-order valence-corrected chi connectivity index (χ0v) is 13.4. The third-order valence-corrected chi connectivity index (χ3v) is 4.03. The van der Waals surface area contributed by atoms with E-state index in [0.717, 1.165) is 18.5 Å². The zero-order chi connectivity index (χ0) is 15.2. The quantitative estimate of drug-likeness (QED) is 0.748. The minimum Gasteiger partial charge on any atom is -0.310 e. The number of hydrogen-bond donors (Lipinski definition) is 1. The van der Waals surface area contributed by atoms with Crippen molar-refractivity contribution in [2.75, 3.05) is 6.54 Å². The molecular formula is C17H18Cl2FN. The Kier molecular flexibility index (Phi) is 6.04. The van der Waals surface area contributed by atoms with Crippen LogP contribution in [-0.2, 0) is 6.42 Å². The molecule has 0 aliphatic carbocycles. The van der Waals surface area contributed by atoms with Crippen LogP contribution in [0.5, 0.6) is 0 Å². The van der Waals surface area contributed by atoms with Gasteiger partial charge in [0.25, 0.3) is 0 Å². The van der Waals surface area contributed by atoms with E-state index in [-0.39, 0.29) is 11.9 Å². The van der Waals surface area contributed by atoms with Crippen molar-refractivity contribution in [1.82, 2.24) is 5.32 Å². The number of halogens is 3. The number of benzene rings is 2. The van der Waals surface area contributed by atoms with Crippen molar-refractivity contribution in [3.8, 4) is 0 Å². The Morgan fingerprint density at radius 3 is 2.33 bits per heavy atom. The molecule has 0 aliphatic heterocycles. The van der Waals surface area contributed by atoms with Crippen LogP contribution >= 0.6 is 23.2 Å². The average molecular weight is 326 g/mol.